The number of benzene rings is 2. The highest BCUT2D eigenvalue weighted by atomic mass is 16.5. The Kier molecular flexibility index (Phi) is 6.06. The summed E-state index contributed by atoms with van der Waals surface area (Å²) < 4.78 is 21.5. The van der Waals surface area contributed by atoms with E-state index in [2.05, 4.69) is 10.1 Å². The summed E-state index contributed by atoms with van der Waals surface area (Å²) in [5.74, 6) is 2.64. The van der Waals surface area contributed by atoms with Crippen molar-refractivity contribution in [1.82, 2.24) is 15.0 Å². The molecule has 1 aliphatic rings. The van der Waals surface area contributed by atoms with Crippen LogP contribution in [0, 0.1) is 0 Å². The zero-order valence-corrected chi connectivity index (χ0v) is 17.8. The Morgan fingerprint density at radius 3 is 2.45 bits per heavy atom. The third-order valence-corrected chi connectivity index (χ3v) is 5.48. The molecule has 31 heavy (non-hydrogen) atoms. The van der Waals surface area contributed by atoms with Crippen LogP contribution >= 0.6 is 0 Å². The van der Waals surface area contributed by atoms with E-state index in [0.29, 0.717) is 35.3 Å². The number of carbonyl (C=O) groups excluding carboxylic acids is 1. The van der Waals surface area contributed by atoms with E-state index in [1.165, 1.54) is 0 Å². The Labute approximate surface area is 180 Å². The highest BCUT2D eigenvalue weighted by molar-refractivity contribution is 5.97. The van der Waals surface area contributed by atoms with Gasteiger partial charge >= 0.3 is 0 Å². The number of carbonyl (C=O) groups is 1. The lowest BCUT2D eigenvalue weighted by atomic mass is 10.00. The number of amides is 1. The highest BCUT2D eigenvalue weighted by Crippen LogP contribution is 2.34. The minimum atomic E-state index is -0.285. The van der Waals surface area contributed by atoms with Crippen LogP contribution in [0.1, 0.15) is 41.6 Å². The first-order valence-electron chi connectivity index (χ1n) is 10.2. The van der Waals surface area contributed by atoms with Crippen LogP contribution in [-0.2, 0) is 0 Å². The van der Waals surface area contributed by atoms with Crippen molar-refractivity contribution in [2.75, 3.05) is 27.9 Å². The number of rotatable bonds is 6. The average Bonchev–Trinajstić information content (AvgIpc) is 3.33. The molecule has 1 aliphatic heterocycles. The minimum absolute atomic E-state index is 0.131. The van der Waals surface area contributed by atoms with Crippen molar-refractivity contribution in [2.45, 2.75) is 25.3 Å². The molecule has 8 heteroatoms. The number of methoxy groups -OCH3 is 3. The van der Waals surface area contributed by atoms with Crippen molar-refractivity contribution < 1.29 is 23.5 Å². The van der Waals surface area contributed by atoms with Gasteiger partial charge in [0.1, 0.15) is 23.3 Å². The largest absolute Gasteiger partial charge is 0.497 e. The molecule has 4 rings (SSSR count). The average molecular weight is 423 g/mol. The standard InChI is InChI=1S/C23H25N3O5/c1-28-16-9-7-15(8-10-16)21-24-22(31-25-21)19-6-4-5-13-26(19)23(27)18-12-11-17(29-2)14-20(18)30-3/h7-12,14,19H,4-6,13H2,1-3H3. The molecule has 1 atom stereocenters. The second-order valence-electron chi connectivity index (χ2n) is 7.26. The summed E-state index contributed by atoms with van der Waals surface area (Å²) in [7, 11) is 4.74. The Balaban J connectivity index is 1.61. The van der Waals surface area contributed by atoms with E-state index < -0.39 is 0 Å². The summed E-state index contributed by atoms with van der Waals surface area (Å²) in [5.41, 5.74) is 1.30. The number of aromatic nitrogens is 2. The summed E-state index contributed by atoms with van der Waals surface area (Å²) in [5, 5.41) is 4.13. The molecule has 0 aliphatic carbocycles. The van der Waals surface area contributed by atoms with Crippen LogP contribution in [0.15, 0.2) is 47.0 Å². The molecule has 0 spiro atoms. The third-order valence-electron chi connectivity index (χ3n) is 5.48. The lowest BCUT2D eigenvalue weighted by Gasteiger charge is -2.33. The molecule has 0 N–H and O–H groups in total. The molecule has 8 nitrogen and oxygen atoms in total. The van der Waals surface area contributed by atoms with Gasteiger partial charge in [0.05, 0.1) is 26.9 Å². The Morgan fingerprint density at radius 1 is 1.00 bits per heavy atom. The molecule has 1 amide bonds. The molecule has 0 bridgehead atoms. The predicted octanol–water partition coefficient (Wildman–Crippen LogP) is 4.13. The first kappa shape index (κ1) is 20.7. The Bertz CT molecular complexity index is 1050. The van der Waals surface area contributed by atoms with E-state index in [4.69, 9.17) is 18.7 Å². The maximum absolute atomic E-state index is 13.4. The van der Waals surface area contributed by atoms with Gasteiger partial charge in [-0.1, -0.05) is 5.16 Å². The van der Waals surface area contributed by atoms with Crippen LogP contribution < -0.4 is 14.2 Å². The molecule has 2 heterocycles. The van der Waals surface area contributed by atoms with Gasteiger partial charge in [-0.2, -0.15) is 4.98 Å². The maximum atomic E-state index is 13.4. The summed E-state index contributed by atoms with van der Waals surface area (Å²) in [6, 6.07) is 12.3. The van der Waals surface area contributed by atoms with Crippen molar-refractivity contribution >= 4 is 5.91 Å². The van der Waals surface area contributed by atoms with E-state index >= 15 is 0 Å². The van der Waals surface area contributed by atoms with Gasteiger partial charge in [0.25, 0.3) is 5.91 Å². The van der Waals surface area contributed by atoms with E-state index in [0.717, 1.165) is 30.6 Å². The topological polar surface area (TPSA) is 86.9 Å². The van der Waals surface area contributed by atoms with E-state index in [1.54, 1.807) is 44.4 Å². The second-order valence-corrected chi connectivity index (χ2v) is 7.26. The summed E-state index contributed by atoms with van der Waals surface area (Å²) in [4.78, 5) is 19.8. The Hall–Kier alpha value is -3.55. The predicted molar refractivity (Wildman–Crippen MR) is 113 cm³/mol. The molecule has 3 aromatic rings. The van der Waals surface area contributed by atoms with Crippen molar-refractivity contribution in [1.29, 1.82) is 0 Å². The van der Waals surface area contributed by atoms with Gasteiger partial charge in [-0.15, -0.1) is 0 Å². The molecular formula is C23H25N3O5. The third kappa shape index (κ3) is 4.19. The summed E-state index contributed by atoms with van der Waals surface area (Å²) >= 11 is 0. The van der Waals surface area contributed by atoms with Gasteiger partial charge < -0.3 is 23.6 Å². The molecule has 162 valence electrons. The van der Waals surface area contributed by atoms with Crippen molar-refractivity contribution in [3.05, 3.63) is 53.9 Å². The lowest BCUT2D eigenvalue weighted by molar-refractivity contribution is 0.0558. The van der Waals surface area contributed by atoms with E-state index in [-0.39, 0.29) is 11.9 Å². The van der Waals surface area contributed by atoms with Gasteiger partial charge in [-0.3, -0.25) is 4.79 Å². The molecule has 0 saturated carbocycles. The summed E-state index contributed by atoms with van der Waals surface area (Å²) in [6.45, 7) is 0.610. The zero-order chi connectivity index (χ0) is 21.8. The maximum Gasteiger partial charge on any atom is 0.258 e. The van der Waals surface area contributed by atoms with Crippen molar-refractivity contribution in [3.8, 4) is 28.6 Å². The van der Waals surface area contributed by atoms with Crippen LogP contribution in [0.5, 0.6) is 17.2 Å². The van der Waals surface area contributed by atoms with Gasteiger partial charge in [-0.05, 0) is 55.7 Å². The molecule has 1 fully saturated rings. The van der Waals surface area contributed by atoms with Crippen LogP contribution in [0.25, 0.3) is 11.4 Å². The monoisotopic (exact) mass is 423 g/mol. The van der Waals surface area contributed by atoms with E-state index in [1.807, 2.05) is 24.3 Å². The number of likely N-dealkylation sites (tertiary alicyclic amines) is 1. The first-order chi connectivity index (χ1) is 15.1. The number of piperidine rings is 1. The smallest absolute Gasteiger partial charge is 0.258 e. The van der Waals surface area contributed by atoms with Gasteiger partial charge in [0.15, 0.2) is 0 Å². The fraction of sp³-hybridized carbons (Fsp3) is 0.348. The lowest BCUT2D eigenvalue weighted by Crippen LogP contribution is -2.38. The Morgan fingerprint density at radius 2 is 1.74 bits per heavy atom. The van der Waals surface area contributed by atoms with Crippen LogP contribution in [-0.4, -0.2) is 48.8 Å². The molecule has 0 radical (unpaired) electrons. The minimum Gasteiger partial charge on any atom is -0.497 e. The van der Waals surface area contributed by atoms with Gasteiger partial charge in [-0.25, -0.2) is 0 Å². The molecule has 2 aromatic carbocycles. The summed E-state index contributed by atoms with van der Waals surface area (Å²) in [6.07, 6.45) is 2.66. The highest BCUT2D eigenvalue weighted by Gasteiger charge is 2.34. The fourth-order valence-corrected chi connectivity index (χ4v) is 3.79. The molecule has 1 unspecified atom stereocenters. The van der Waals surface area contributed by atoms with Crippen molar-refractivity contribution in [2.24, 2.45) is 0 Å². The van der Waals surface area contributed by atoms with Gasteiger partial charge in [0.2, 0.25) is 11.7 Å². The normalized spacial score (nSPS) is 16.1. The number of hydrogen-bond acceptors (Lipinski definition) is 7. The quantitative estimate of drug-likeness (QED) is 0.589. The van der Waals surface area contributed by atoms with Crippen molar-refractivity contribution in [3.63, 3.8) is 0 Å². The second kappa shape index (κ2) is 9.07. The van der Waals surface area contributed by atoms with Crippen LogP contribution in [0.3, 0.4) is 0 Å². The van der Waals surface area contributed by atoms with Crippen LogP contribution in [0.4, 0.5) is 0 Å². The van der Waals surface area contributed by atoms with Crippen LogP contribution in [0.2, 0.25) is 0 Å². The van der Waals surface area contributed by atoms with E-state index in [9.17, 15) is 4.79 Å². The van der Waals surface area contributed by atoms with Gasteiger partial charge in [0, 0.05) is 18.2 Å². The number of nitrogens with zero attached hydrogens (tertiary/aromatic N) is 3. The fourth-order valence-electron chi connectivity index (χ4n) is 3.79. The molecule has 1 aromatic heterocycles. The molecular weight excluding hydrogens is 398 g/mol. The first-order valence-corrected chi connectivity index (χ1v) is 10.2. The zero-order valence-electron chi connectivity index (χ0n) is 17.8. The number of hydrogen-bond donors (Lipinski definition) is 0. The SMILES string of the molecule is COc1ccc(-c2noc(C3CCCCN3C(=O)c3ccc(OC)cc3OC)n2)cc1. The number of ether oxygens (including phenoxy) is 3. The molecule has 1 saturated heterocycles.